The molecule has 1 aromatic carbocycles. The largest absolute Gasteiger partial charge is 0.332 e. The highest BCUT2D eigenvalue weighted by Gasteiger charge is 2.23. The maximum atomic E-state index is 11.3. The van der Waals surface area contributed by atoms with Gasteiger partial charge in [-0.2, -0.15) is 0 Å². The van der Waals surface area contributed by atoms with Crippen LogP contribution in [-0.4, -0.2) is 17.6 Å². The summed E-state index contributed by atoms with van der Waals surface area (Å²) in [6.07, 6.45) is 0.0224. The summed E-state index contributed by atoms with van der Waals surface area (Å²) in [6.45, 7) is 0. The van der Waals surface area contributed by atoms with Crippen molar-refractivity contribution in [2.45, 2.75) is 23.8 Å². The summed E-state index contributed by atoms with van der Waals surface area (Å²) in [4.78, 5) is 11.3. The molecular formula is C11H13Cl2N3OS. The summed E-state index contributed by atoms with van der Waals surface area (Å²) in [5.74, 6) is 0.676. The van der Waals surface area contributed by atoms with Crippen LogP contribution in [0.2, 0.25) is 10.0 Å². The predicted octanol–water partition coefficient (Wildman–Crippen LogP) is 1.90. The van der Waals surface area contributed by atoms with Crippen molar-refractivity contribution in [1.82, 2.24) is 10.6 Å². The normalized spacial score (nSPS) is 23.8. The average molecular weight is 306 g/mol. The van der Waals surface area contributed by atoms with Gasteiger partial charge in [0.1, 0.15) is 5.50 Å². The fourth-order valence-corrected chi connectivity index (χ4v) is 2.94. The lowest BCUT2D eigenvalue weighted by atomic mass is 10.2. The monoisotopic (exact) mass is 305 g/mol. The van der Waals surface area contributed by atoms with Gasteiger partial charge >= 0.3 is 0 Å². The maximum absolute atomic E-state index is 11.3. The molecule has 1 heterocycles. The molecule has 0 aromatic heterocycles. The average Bonchev–Trinajstić information content (AvgIpc) is 2.29. The van der Waals surface area contributed by atoms with E-state index in [-0.39, 0.29) is 17.6 Å². The smallest absolute Gasteiger partial charge is 0.224 e. The Morgan fingerprint density at radius 2 is 2.17 bits per heavy atom. The molecule has 1 aliphatic rings. The van der Waals surface area contributed by atoms with Crippen LogP contribution >= 0.6 is 35.0 Å². The van der Waals surface area contributed by atoms with Crippen LogP contribution in [0.25, 0.3) is 0 Å². The molecule has 0 saturated carbocycles. The van der Waals surface area contributed by atoms with Crippen LogP contribution in [-0.2, 0) is 10.5 Å². The fourth-order valence-electron chi connectivity index (χ4n) is 1.60. The molecule has 1 amide bonds. The van der Waals surface area contributed by atoms with Gasteiger partial charge in [0.2, 0.25) is 5.91 Å². The molecule has 1 aromatic rings. The van der Waals surface area contributed by atoms with E-state index in [9.17, 15) is 4.79 Å². The zero-order chi connectivity index (χ0) is 13.1. The highest BCUT2D eigenvalue weighted by Crippen LogP contribution is 2.25. The van der Waals surface area contributed by atoms with Gasteiger partial charge in [-0.15, -0.1) is 11.8 Å². The van der Waals surface area contributed by atoms with Gasteiger partial charge in [0, 0.05) is 5.75 Å². The lowest BCUT2D eigenvalue weighted by molar-refractivity contribution is -0.123. The van der Waals surface area contributed by atoms with Crippen LogP contribution in [0.15, 0.2) is 18.2 Å². The molecule has 18 heavy (non-hydrogen) atoms. The van der Waals surface area contributed by atoms with Gasteiger partial charge in [-0.1, -0.05) is 29.3 Å². The molecule has 0 spiro atoms. The number of rotatable bonds is 3. The first-order valence-corrected chi connectivity index (χ1v) is 7.21. The van der Waals surface area contributed by atoms with E-state index in [1.165, 1.54) is 0 Å². The van der Waals surface area contributed by atoms with Crippen LogP contribution in [0, 0.1) is 0 Å². The van der Waals surface area contributed by atoms with Gasteiger partial charge in [-0.05, 0) is 17.7 Å². The summed E-state index contributed by atoms with van der Waals surface area (Å²) in [5.41, 5.74) is 6.58. The molecule has 1 saturated heterocycles. The van der Waals surface area contributed by atoms with Crippen molar-refractivity contribution in [2.24, 2.45) is 5.73 Å². The topological polar surface area (TPSA) is 67.2 Å². The highest BCUT2D eigenvalue weighted by molar-refractivity contribution is 7.99. The van der Waals surface area contributed by atoms with Gasteiger partial charge in [-0.25, -0.2) is 0 Å². The Hall–Kier alpha value is -0.460. The SMILES string of the molecule is NC1CC(=O)NC(SCc2ccc(Cl)c(Cl)c2)N1. The summed E-state index contributed by atoms with van der Waals surface area (Å²) in [6, 6.07) is 5.49. The molecule has 2 unspecified atom stereocenters. The van der Waals surface area contributed by atoms with Crippen LogP contribution in [0.1, 0.15) is 12.0 Å². The molecule has 2 rings (SSSR count). The Balaban J connectivity index is 1.90. The van der Waals surface area contributed by atoms with E-state index in [0.717, 1.165) is 5.56 Å². The second-order valence-electron chi connectivity index (χ2n) is 3.98. The lowest BCUT2D eigenvalue weighted by Gasteiger charge is -2.28. The van der Waals surface area contributed by atoms with Crippen molar-refractivity contribution in [3.8, 4) is 0 Å². The lowest BCUT2D eigenvalue weighted by Crippen LogP contribution is -2.57. The van der Waals surface area contributed by atoms with Crippen LogP contribution in [0.5, 0.6) is 0 Å². The number of carbonyl (C=O) groups is 1. The van der Waals surface area contributed by atoms with Crippen LogP contribution < -0.4 is 16.4 Å². The molecule has 2 atom stereocenters. The van der Waals surface area contributed by atoms with E-state index in [1.54, 1.807) is 17.8 Å². The standard InChI is InChI=1S/C11H13Cl2N3OS/c12-7-2-1-6(3-8(7)13)5-18-11-15-9(14)4-10(17)16-11/h1-3,9,11,15H,4-5,14H2,(H,16,17). The first kappa shape index (κ1) is 14.0. The summed E-state index contributed by atoms with van der Waals surface area (Å²) < 4.78 is 0. The zero-order valence-electron chi connectivity index (χ0n) is 9.45. The van der Waals surface area contributed by atoms with E-state index < -0.39 is 0 Å². The molecule has 7 heteroatoms. The van der Waals surface area contributed by atoms with E-state index >= 15 is 0 Å². The van der Waals surface area contributed by atoms with E-state index in [1.807, 2.05) is 12.1 Å². The van der Waals surface area contributed by atoms with Gasteiger partial charge in [-0.3, -0.25) is 10.1 Å². The molecule has 1 aliphatic heterocycles. The zero-order valence-corrected chi connectivity index (χ0v) is 11.8. The van der Waals surface area contributed by atoms with Gasteiger partial charge in [0.05, 0.1) is 22.6 Å². The van der Waals surface area contributed by atoms with E-state index in [0.29, 0.717) is 22.2 Å². The molecule has 4 nitrogen and oxygen atoms in total. The van der Waals surface area contributed by atoms with Crippen molar-refractivity contribution in [3.63, 3.8) is 0 Å². The number of benzene rings is 1. The van der Waals surface area contributed by atoms with E-state index in [2.05, 4.69) is 10.6 Å². The third-order valence-corrected chi connectivity index (χ3v) is 4.29. The quantitative estimate of drug-likeness (QED) is 0.798. The minimum Gasteiger partial charge on any atom is -0.332 e. The minimum atomic E-state index is -0.287. The van der Waals surface area contributed by atoms with E-state index in [4.69, 9.17) is 28.9 Å². The van der Waals surface area contributed by atoms with Crippen molar-refractivity contribution in [1.29, 1.82) is 0 Å². The number of halogens is 2. The third-order valence-electron chi connectivity index (χ3n) is 2.46. The molecule has 1 fully saturated rings. The van der Waals surface area contributed by atoms with Crippen molar-refractivity contribution in [3.05, 3.63) is 33.8 Å². The molecule has 0 bridgehead atoms. The number of amides is 1. The van der Waals surface area contributed by atoms with Gasteiger partial charge in [0.15, 0.2) is 0 Å². The summed E-state index contributed by atoms with van der Waals surface area (Å²) in [5, 5.41) is 6.98. The summed E-state index contributed by atoms with van der Waals surface area (Å²) >= 11 is 13.3. The van der Waals surface area contributed by atoms with Crippen LogP contribution in [0.4, 0.5) is 0 Å². The highest BCUT2D eigenvalue weighted by atomic mass is 35.5. The Kier molecular flexibility index (Phi) is 4.75. The number of thioether (sulfide) groups is 1. The molecule has 98 valence electrons. The molecule has 4 N–H and O–H groups in total. The summed E-state index contributed by atoms with van der Waals surface area (Å²) in [7, 11) is 0. The first-order chi connectivity index (χ1) is 8.54. The van der Waals surface area contributed by atoms with Crippen molar-refractivity contribution in [2.75, 3.05) is 0 Å². The minimum absolute atomic E-state index is 0.0344. The molecule has 0 radical (unpaired) electrons. The number of nitrogens with two attached hydrogens (primary N) is 1. The number of hydrogen-bond donors (Lipinski definition) is 3. The number of carbonyl (C=O) groups excluding carboxylic acids is 1. The van der Waals surface area contributed by atoms with Gasteiger partial charge < -0.3 is 11.1 Å². The van der Waals surface area contributed by atoms with Gasteiger partial charge in [0.25, 0.3) is 0 Å². The number of nitrogens with one attached hydrogen (secondary N) is 2. The number of hydrogen-bond acceptors (Lipinski definition) is 4. The first-order valence-electron chi connectivity index (χ1n) is 5.41. The second kappa shape index (κ2) is 6.12. The predicted molar refractivity (Wildman–Crippen MR) is 75.4 cm³/mol. The fraction of sp³-hybridized carbons (Fsp3) is 0.364. The van der Waals surface area contributed by atoms with Crippen LogP contribution in [0.3, 0.4) is 0 Å². The van der Waals surface area contributed by atoms with Crippen molar-refractivity contribution < 1.29 is 4.79 Å². The molecule has 0 aliphatic carbocycles. The Morgan fingerprint density at radius 1 is 1.39 bits per heavy atom. The third kappa shape index (κ3) is 3.76. The second-order valence-corrected chi connectivity index (χ2v) is 5.89. The Labute approximate surface area is 120 Å². The maximum Gasteiger partial charge on any atom is 0.224 e. The Morgan fingerprint density at radius 3 is 2.83 bits per heavy atom. The molecular weight excluding hydrogens is 293 g/mol. The van der Waals surface area contributed by atoms with Crippen molar-refractivity contribution >= 4 is 40.9 Å². The Bertz CT molecular complexity index is 458.